The summed E-state index contributed by atoms with van der Waals surface area (Å²) < 4.78 is 0. The highest BCUT2D eigenvalue weighted by Gasteiger charge is 2.22. The second kappa shape index (κ2) is 6.75. The van der Waals surface area contributed by atoms with E-state index in [1.54, 1.807) is 0 Å². The summed E-state index contributed by atoms with van der Waals surface area (Å²) in [6.07, 6.45) is 3.10. The van der Waals surface area contributed by atoms with Gasteiger partial charge in [0, 0.05) is 32.4 Å². The van der Waals surface area contributed by atoms with E-state index in [1.807, 2.05) is 14.1 Å². The fourth-order valence-electron chi connectivity index (χ4n) is 2.56. The average molecular weight is 275 g/mol. The van der Waals surface area contributed by atoms with Gasteiger partial charge in [-0.25, -0.2) is 0 Å². The summed E-state index contributed by atoms with van der Waals surface area (Å²) >= 11 is 0. The molecule has 4 heteroatoms. The monoisotopic (exact) mass is 275 g/mol. The molecule has 1 aromatic carbocycles. The lowest BCUT2D eigenvalue weighted by Crippen LogP contribution is -2.43. The molecule has 0 aliphatic carbocycles. The third-order valence-electron chi connectivity index (χ3n) is 3.90. The largest absolute Gasteiger partial charge is 0.378 e. The van der Waals surface area contributed by atoms with Crippen LogP contribution in [-0.4, -0.2) is 32.6 Å². The Morgan fingerprint density at radius 1 is 1.25 bits per heavy atom. The fourth-order valence-corrected chi connectivity index (χ4v) is 2.56. The first kappa shape index (κ1) is 14.9. The van der Waals surface area contributed by atoms with E-state index < -0.39 is 0 Å². The zero-order valence-corrected chi connectivity index (χ0v) is 12.6. The van der Waals surface area contributed by atoms with Gasteiger partial charge in [-0.3, -0.25) is 10.1 Å². The summed E-state index contributed by atoms with van der Waals surface area (Å²) in [4.78, 5) is 14.0. The molecule has 1 fully saturated rings. The quantitative estimate of drug-likeness (QED) is 0.884. The van der Waals surface area contributed by atoms with Crippen molar-refractivity contribution in [3.63, 3.8) is 0 Å². The van der Waals surface area contributed by atoms with Crippen molar-refractivity contribution < 1.29 is 4.79 Å². The molecular weight excluding hydrogens is 250 g/mol. The van der Waals surface area contributed by atoms with Crippen molar-refractivity contribution in [1.82, 2.24) is 10.6 Å². The first-order valence-corrected chi connectivity index (χ1v) is 7.39. The van der Waals surface area contributed by atoms with E-state index in [9.17, 15) is 4.79 Å². The van der Waals surface area contributed by atoms with Gasteiger partial charge in [-0.15, -0.1) is 0 Å². The van der Waals surface area contributed by atoms with Crippen LogP contribution < -0.4 is 15.5 Å². The van der Waals surface area contributed by atoms with Crippen molar-refractivity contribution >= 4 is 11.6 Å². The molecule has 0 spiro atoms. The molecule has 1 saturated heterocycles. The van der Waals surface area contributed by atoms with Gasteiger partial charge in [-0.2, -0.15) is 0 Å². The number of nitrogens with one attached hydrogen (secondary N) is 2. The third-order valence-corrected chi connectivity index (χ3v) is 3.90. The van der Waals surface area contributed by atoms with Crippen LogP contribution in [0.25, 0.3) is 0 Å². The van der Waals surface area contributed by atoms with Crippen LogP contribution in [0.15, 0.2) is 24.3 Å². The van der Waals surface area contributed by atoms with Crippen LogP contribution in [0.4, 0.5) is 5.69 Å². The number of rotatable bonds is 4. The predicted octanol–water partition coefficient (Wildman–Crippen LogP) is 2.07. The van der Waals surface area contributed by atoms with Crippen molar-refractivity contribution in [3.8, 4) is 0 Å². The van der Waals surface area contributed by atoms with Gasteiger partial charge < -0.3 is 10.2 Å². The summed E-state index contributed by atoms with van der Waals surface area (Å²) in [6, 6.07) is 8.59. The summed E-state index contributed by atoms with van der Waals surface area (Å²) in [7, 11) is 4.07. The second-order valence-corrected chi connectivity index (χ2v) is 5.71. The summed E-state index contributed by atoms with van der Waals surface area (Å²) in [5, 5.41) is 6.42. The lowest BCUT2D eigenvalue weighted by Gasteiger charge is -2.22. The molecule has 0 radical (unpaired) electrons. The molecule has 2 rings (SSSR count). The second-order valence-electron chi connectivity index (χ2n) is 5.71. The van der Waals surface area contributed by atoms with E-state index in [4.69, 9.17) is 0 Å². The molecule has 0 aromatic heterocycles. The van der Waals surface area contributed by atoms with Crippen molar-refractivity contribution in [2.75, 3.05) is 25.5 Å². The Labute approximate surface area is 121 Å². The average Bonchev–Trinajstić information content (AvgIpc) is 2.64. The summed E-state index contributed by atoms with van der Waals surface area (Å²) in [6.45, 7) is 2.92. The normalized spacial score (nSPS) is 20.9. The van der Waals surface area contributed by atoms with E-state index in [0.29, 0.717) is 0 Å². The molecule has 0 bridgehead atoms. The molecule has 2 atom stereocenters. The Hall–Kier alpha value is -1.55. The molecule has 0 saturated carbocycles. The van der Waals surface area contributed by atoms with E-state index in [2.05, 4.69) is 46.7 Å². The lowest BCUT2D eigenvalue weighted by atomic mass is 10.0. The maximum atomic E-state index is 11.9. The van der Waals surface area contributed by atoms with Gasteiger partial charge in [0.05, 0.1) is 6.04 Å². The van der Waals surface area contributed by atoms with Crippen molar-refractivity contribution in [3.05, 3.63) is 29.8 Å². The Bertz CT molecular complexity index is 442. The minimum absolute atomic E-state index is 0.0685. The minimum atomic E-state index is -0.0685. The van der Waals surface area contributed by atoms with Gasteiger partial charge in [-0.05, 0) is 43.9 Å². The minimum Gasteiger partial charge on any atom is -0.378 e. The molecule has 4 nitrogen and oxygen atoms in total. The molecule has 2 unspecified atom stereocenters. The van der Waals surface area contributed by atoms with Gasteiger partial charge in [-0.1, -0.05) is 12.1 Å². The van der Waals surface area contributed by atoms with Gasteiger partial charge >= 0.3 is 0 Å². The van der Waals surface area contributed by atoms with E-state index in [1.165, 1.54) is 11.3 Å². The molecule has 1 aliphatic rings. The van der Waals surface area contributed by atoms with E-state index in [-0.39, 0.29) is 18.0 Å². The number of carbonyl (C=O) groups is 1. The smallest absolute Gasteiger partial charge is 0.237 e. The Kier molecular flexibility index (Phi) is 5.01. The van der Waals surface area contributed by atoms with Crippen LogP contribution in [0, 0.1) is 0 Å². The number of anilines is 1. The van der Waals surface area contributed by atoms with Gasteiger partial charge in [0.1, 0.15) is 0 Å². The first-order chi connectivity index (χ1) is 9.58. The van der Waals surface area contributed by atoms with Gasteiger partial charge in [0.25, 0.3) is 0 Å². The number of benzene rings is 1. The molecular formula is C16H25N3O. The van der Waals surface area contributed by atoms with Gasteiger partial charge in [0.2, 0.25) is 5.91 Å². The topological polar surface area (TPSA) is 44.4 Å². The van der Waals surface area contributed by atoms with Crippen LogP contribution >= 0.6 is 0 Å². The Morgan fingerprint density at radius 3 is 2.60 bits per heavy atom. The number of hydrogen-bond acceptors (Lipinski definition) is 3. The molecule has 20 heavy (non-hydrogen) atoms. The molecule has 1 heterocycles. The van der Waals surface area contributed by atoms with Crippen LogP contribution in [0.3, 0.4) is 0 Å². The molecule has 1 aromatic rings. The number of amides is 1. The van der Waals surface area contributed by atoms with E-state index >= 15 is 0 Å². The van der Waals surface area contributed by atoms with Crippen molar-refractivity contribution in [1.29, 1.82) is 0 Å². The summed E-state index contributed by atoms with van der Waals surface area (Å²) in [5.41, 5.74) is 2.40. The van der Waals surface area contributed by atoms with Crippen LogP contribution in [0.1, 0.15) is 37.8 Å². The highest BCUT2D eigenvalue weighted by molar-refractivity contribution is 5.81. The van der Waals surface area contributed by atoms with Crippen LogP contribution in [0.2, 0.25) is 0 Å². The number of carbonyl (C=O) groups excluding carboxylic acids is 1. The van der Waals surface area contributed by atoms with Crippen LogP contribution in [0.5, 0.6) is 0 Å². The molecule has 1 aliphatic heterocycles. The third kappa shape index (κ3) is 3.73. The number of hydrogen-bond donors (Lipinski definition) is 2. The summed E-state index contributed by atoms with van der Waals surface area (Å²) in [5.74, 6) is 0.138. The highest BCUT2D eigenvalue weighted by Crippen LogP contribution is 2.19. The standard InChI is InChI=1S/C16H25N3O/c1-12(13-7-9-14(10-8-13)19(2)3)18-15-6-4-5-11-17-16(15)20/h7-10,12,15,18H,4-6,11H2,1-3H3,(H,17,20). The van der Waals surface area contributed by atoms with Crippen LogP contribution in [-0.2, 0) is 4.79 Å². The zero-order valence-electron chi connectivity index (χ0n) is 12.6. The van der Waals surface area contributed by atoms with Gasteiger partial charge in [0.15, 0.2) is 0 Å². The lowest BCUT2D eigenvalue weighted by molar-refractivity contribution is -0.123. The van der Waals surface area contributed by atoms with Crippen molar-refractivity contribution in [2.24, 2.45) is 0 Å². The Morgan fingerprint density at radius 2 is 1.95 bits per heavy atom. The Balaban J connectivity index is 1.99. The maximum absolute atomic E-state index is 11.9. The molecule has 1 amide bonds. The molecule has 110 valence electrons. The SMILES string of the molecule is CC(NC1CCCCNC1=O)c1ccc(N(C)C)cc1. The predicted molar refractivity (Wildman–Crippen MR) is 83.0 cm³/mol. The molecule has 2 N–H and O–H groups in total. The number of nitrogens with zero attached hydrogens (tertiary/aromatic N) is 1. The zero-order chi connectivity index (χ0) is 14.5. The first-order valence-electron chi connectivity index (χ1n) is 7.39. The van der Waals surface area contributed by atoms with E-state index in [0.717, 1.165) is 25.8 Å². The maximum Gasteiger partial charge on any atom is 0.237 e. The highest BCUT2D eigenvalue weighted by atomic mass is 16.2. The fraction of sp³-hybridized carbons (Fsp3) is 0.562. The van der Waals surface area contributed by atoms with Crippen molar-refractivity contribution in [2.45, 2.75) is 38.3 Å².